The first kappa shape index (κ1) is 14.0. The molecule has 0 fully saturated rings. The normalized spacial score (nSPS) is 12.4. The second-order valence-corrected chi connectivity index (χ2v) is 3.24. The average Bonchev–Trinajstić information content (AvgIpc) is 2.17. The van der Waals surface area contributed by atoms with Gasteiger partial charge in [0.25, 0.3) is 0 Å². The fourth-order valence-corrected chi connectivity index (χ4v) is 0.930. The van der Waals surface area contributed by atoms with Crippen molar-refractivity contribution in [1.82, 2.24) is 0 Å². The quantitative estimate of drug-likeness (QED) is 0.308. The molecule has 0 saturated heterocycles. The molecule has 0 aromatic carbocycles. The van der Waals surface area contributed by atoms with E-state index in [1.165, 1.54) is 0 Å². The second-order valence-electron chi connectivity index (χ2n) is 3.24. The van der Waals surface area contributed by atoms with Gasteiger partial charge in [-0.15, -0.1) is 0 Å². The molecule has 0 aromatic rings. The second kappa shape index (κ2) is 8.34. The van der Waals surface area contributed by atoms with Crippen LogP contribution in [0.4, 0.5) is 0 Å². The van der Waals surface area contributed by atoms with Gasteiger partial charge in [-0.25, -0.2) is 0 Å². The number of hydrogen-bond donors (Lipinski definition) is 4. The summed E-state index contributed by atoms with van der Waals surface area (Å²) in [6.07, 6.45) is 1.41. The molecule has 6 nitrogen and oxygen atoms in total. The fraction of sp³-hybridized carbons (Fsp3) is 0.778. The summed E-state index contributed by atoms with van der Waals surface area (Å²) in [7, 11) is 0. The number of carboxylic acid groups (broad SMARTS) is 1. The van der Waals surface area contributed by atoms with Gasteiger partial charge in [-0.2, -0.15) is 0 Å². The minimum Gasteiger partial charge on any atom is -0.480 e. The highest BCUT2D eigenvalue weighted by Gasteiger charge is 2.10. The smallest absolute Gasteiger partial charge is 0.320 e. The van der Waals surface area contributed by atoms with Crippen LogP contribution in [0.2, 0.25) is 0 Å². The number of carboxylic acids is 1. The Balaban J connectivity index is 3.32. The molecule has 0 bridgehead atoms. The molecule has 1 unspecified atom stereocenters. The van der Waals surface area contributed by atoms with E-state index < -0.39 is 12.0 Å². The van der Waals surface area contributed by atoms with Crippen LogP contribution in [0.1, 0.15) is 19.3 Å². The summed E-state index contributed by atoms with van der Waals surface area (Å²) in [5.74, 6) is -1.02. The average molecular weight is 217 g/mol. The molecular formula is C9H19N3O3. The van der Waals surface area contributed by atoms with Crippen molar-refractivity contribution in [3.05, 3.63) is 0 Å². The first-order chi connectivity index (χ1) is 7.07. The molecule has 0 saturated carbocycles. The first-order valence-electron chi connectivity index (χ1n) is 4.90. The van der Waals surface area contributed by atoms with Crippen LogP contribution in [0, 0.1) is 5.41 Å². The third kappa shape index (κ3) is 8.04. The van der Waals surface area contributed by atoms with E-state index in [0.29, 0.717) is 44.7 Å². The zero-order chi connectivity index (χ0) is 11.7. The summed E-state index contributed by atoms with van der Waals surface area (Å²) in [6.45, 7) is 1.21. The van der Waals surface area contributed by atoms with Crippen molar-refractivity contribution < 1.29 is 14.6 Å². The van der Waals surface area contributed by atoms with Crippen LogP contribution < -0.4 is 11.5 Å². The van der Waals surface area contributed by atoms with Crippen LogP contribution in [-0.2, 0) is 9.53 Å². The molecule has 6 N–H and O–H groups in total. The van der Waals surface area contributed by atoms with E-state index >= 15 is 0 Å². The summed E-state index contributed by atoms with van der Waals surface area (Å²) in [5.41, 5.74) is 11.1. The van der Waals surface area contributed by atoms with E-state index in [4.69, 9.17) is 26.7 Å². The predicted molar refractivity (Wildman–Crippen MR) is 57.1 cm³/mol. The zero-order valence-electron chi connectivity index (χ0n) is 8.74. The van der Waals surface area contributed by atoms with Crippen molar-refractivity contribution in [1.29, 1.82) is 5.41 Å². The lowest BCUT2D eigenvalue weighted by Gasteiger charge is -2.07. The number of hydrogen-bond acceptors (Lipinski definition) is 5. The molecule has 6 heteroatoms. The van der Waals surface area contributed by atoms with Gasteiger partial charge in [-0.3, -0.25) is 4.79 Å². The van der Waals surface area contributed by atoms with Crippen LogP contribution >= 0.6 is 0 Å². The third-order valence-electron chi connectivity index (χ3n) is 1.88. The Morgan fingerprint density at radius 1 is 1.40 bits per heavy atom. The topological polar surface area (TPSA) is 122 Å². The number of nitrogens with one attached hydrogen (secondary N) is 1. The third-order valence-corrected chi connectivity index (χ3v) is 1.88. The van der Waals surface area contributed by atoms with Gasteiger partial charge in [-0.1, -0.05) is 0 Å². The lowest BCUT2D eigenvalue weighted by Crippen LogP contribution is -2.31. The van der Waals surface area contributed by atoms with Crippen LogP contribution in [-0.4, -0.2) is 42.6 Å². The van der Waals surface area contributed by atoms with Crippen LogP contribution in [0.15, 0.2) is 0 Å². The van der Waals surface area contributed by atoms with Crippen LogP contribution in [0.5, 0.6) is 0 Å². The predicted octanol–water partition coefficient (Wildman–Crippen LogP) is -0.436. The lowest BCUT2D eigenvalue weighted by molar-refractivity contribution is -0.139. The highest BCUT2D eigenvalue weighted by molar-refractivity contribution is 5.81. The molecule has 0 radical (unpaired) electrons. The Morgan fingerprint density at radius 2 is 2.07 bits per heavy atom. The zero-order valence-corrected chi connectivity index (χ0v) is 8.74. The maximum Gasteiger partial charge on any atom is 0.320 e. The van der Waals surface area contributed by atoms with E-state index in [2.05, 4.69) is 0 Å². The van der Waals surface area contributed by atoms with Crippen LogP contribution in [0.3, 0.4) is 0 Å². The largest absolute Gasteiger partial charge is 0.480 e. The molecule has 0 spiro atoms. The van der Waals surface area contributed by atoms with E-state index in [9.17, 15) is 4.79 Å². The van der Waals surface area contributed by atoms with Crippen molar-refractivity contribution in [2.75, 3.05) is 19.8 Å². The van der Waals surface area contributed by atoms with Crippen LogP contribution in [0.25, 0.3) is 0 Å². The van der Waals surface area contributed by atoms with Crippen molar-refractivity contribution in [3.63, 3.8) is 0 Å². The van der Waals surface area contributed by atoms with Crippen molar-refractivity contribution >= 4 is 11.7 Å². The molecule has 0 aliphatic carbocycles. The summed E-state index contributed by atoms with van der Waals surface area (Å²) in [4.78, 5) is 10.3. The van der Waals surface area contributed by atoms with Gasteiger partial charge >= 0.3 is 5.97 Å². The molecule has 15 heavy (non-hydrogen) atoms. The minimum absolute atomic E-state index is 0.291. The Kier molecular flexibility index (Phi) is 7.79. The molecule has 0 aliphatic rings. The van der Waals surface area contributed by atoms with Crippen molar-refractivity contribution in [3.8, 4) is 0 Å². The van der Waals surface area contributed by atoms with Crippen molar-refractivity contribution in [2.24, 2.45) is 11.5 Å². The van der Waals surface area contributed by atoms with E-state index in [1.807, 2.05) is 0 Å². The standard InChI is InChI=1S/C9H19N3O3/c10-4-1-7(11)2-5-15-6-3-8(12)9(13)14/h8,11H,1-6,10,12H2,(H,13,14). The minimum atomic E-state index is -1.02. The highest BCUT2D eigenvalue weighted by atomic mass is 16.5. The molecule has 88 valence electrons. The Hall–Kier alpha value is -0.980. The van der Waals surface area contributed by atoms with Gasteiger partial charge in [0.1, 0.15) is 6.04 Å². The first-order valence-corrected chi connectivity index (χ1v) is 4.90. The number of ether oxygens (including phenoxy) is 1. The number of rotatable bonds is 9. The van der Waals surface area contributed by atoms with Gasteiger partial charge in [0.2, 0.25) is 0 Å². The van der Waals surface area contributed by atoms with Crippen molar-refractivity contribution in [2.45, 2.75) is 25.3 Å². The maximum absolute atomic E-state index is 10.3. The molecule has 0 heterocycles. The molecule has 0 aliphatic heterocycles. The van der Waals surface area contributed by atoms with Gasteiger partial charge in [0.05, 0.1) is 6.61 Å². The Labute approximate surface area is 89.1 Å². The Bertz CT molecular complexity index is 209. The van der Waals surface area contributed by atoms with E-state index in [1.54, 1.807) is 0 Å². The molecule has 0 rings (SSSR count). The molecule has 0 amide bonds. The fourth-order valence-electron chi connectivity index (χ4n) is 0.930. The van der Waals surface area contributed by atoms with E-state index in [-0.39, 0.29) is 0 Å². The molecule has 1 atom stereocenters. The number of nitrogens with two attached hydrogens (primary N) is 2. The molecule has 0 aromatic heterocycles. The van der Waals surface area contributed by atoms with Gasteiger partial charge < -0.3 is 26.7 Å². The van der Waals surface area contributed by atoms with Gasteiger partial charge in [0, 0.05) is 18.7 Å². The lowest BCUT2D eigenvalue weighted by atomic mass is 10.2. The summed E-state index contributed by atoms with van der Waals surface area (Å²) in [5, 5.41) is 15.9. The van der Waals surface area contributed by atoms with Gasteiger partial charge in [0.15, 0.2) is 0 Å². The Morgan fingerprint density at radius 3 is 2.60 bits per heavy atom. The van der Waals surface area contributed by atoms with E-state index in [0.717, 1.165) is 0 Å². The highest BCUT2D eigenvalue weighted by Crippen LogP contribution is 1.93. The SMILES string of the molecule is N=C(CCN)CCOCCC(N)C(=O)O. The maximum atomic E-state index is 10.3. The molecular weight excluding hydrogens is 198 g/mol. The number of carbonyl (C=O) groups is 1. The summed E-state index contributed by atoms with van der Waals surface area (Å²) < 4.78 is 5.15. The van der Waals surface area contributed by atoms with Gasteiger partial charge in [-0.05, 0) is 19.4 Å². The summed E-state index contributed by atoms with van der Waals surface area (Å²) >= 11 is 0. The number of aliphatic carboxylic acids is 1. The summed E-state index contributed by atoms with van der Waals surface area (Å²) in [6, 6.07) is -0.867. The monoisotopic (exact) mass is 217 g/mol.